The molecule has 7 heteroatoms. The number of aromatic carboxylic acids is 1. The molecule has 0 spiro atoms. The van der Waals surface area contributed by atoms with Gasteiger partial charge < -0.3 is 20.9 Å². The molecule has 0 aliphatic heterocycles. The first kappa shape index (κ1) is 17.5. The van der Waals surface area contributed by atoms with Crippen LogP contribution in [-0.4, -0.2) is 34.1 Å². The van der Waals surface area contributed by atoms with Crippen molar-refractivity contribution in [1.29, 1.82) is 0 Å². The smallest absolute Gasteiger partial charge is 0.339 e. The van der Waals surface area contributed by atoms with Crippen molar-refractivity contribution in [3.63, 3.8) is 0 Å². The Morgan fingerprint density at radius 2 is 2.04 bits per heavy atom. The maximum atomic E-state index is 11.4. The molecule has 0 unspecified atom stereocenters. The minimum Gasteiger partial charge on any atom is -0.490 e. The van der Waals surface area contributed by atoms with E-state index in [0.29, 0.717) is 22.3 Å². The number of carbonyl (C=O) groups excluding carboxylic acids is 1. The third-order valence-corrected chi connectivity index (χ3v) is 3.51. The summed E-state index contributed by atoms with van der Waals surface area (Å²) < 4.78 is 5.81. The largest absolute Gasteiger partial charge is 0.490 e. The molecule has 2 rings (SSSR count). The average Bonchev–Trinajstić information content (AvgIpc) is 2.42. The molecule has 2 aromatic rings. The number of amides is 1. The molecule has 1 amide bonds. The Kier molecular flexibility index (Phi) is 4.64. The van der Waals surface area contributed by atoms with Gasteiger partial charge in [-0.25, -0.2) is 4.79 Å². The van der Waals surface area contributed by atoms with E-state index < -0.39 is 11.5 Å². The standard InChI is InChI=1S/C17H21N3O4/c1-9-13(16(22)23)15(18)14-11(19-9)6-5-7-12(14)24-8-17(3,4)20-10(2)21/h5-7H,8H2,1-4H3,(H2,18,19)(H,20,21)(H,22,23). The highest BCUT2D eigenvalue weighted by Gasteiger charge is 2.22. The molecular formula is C17H21N3O4. The molecule has 1 heterocycles. The summed E-state index contributed by atoms with van der Waals surface area (Å²) in [5.41, 5.74) is 6.49. The van der Waals surface area contributed by atoms with Crippen LogP contribution in [0.2, 0.25) is 0 Å². The molecule has 4 N–H and O–H groups in total. The molecule has 24 heavy (non-hydrogen) atoms. The number of carboxylic acid groups (broad SMARTS) is 1. The van der Waals surface area contributed by atoms with Gasteiger partial charge in [-0.3, -0.25) is 9.78 Å². The van der Waals surface area contributed by atoms with Crippen molar-refractivity contribution in [1.82, 2.24) is 10.3 Å². The van der Waals surface area contributed by atoms with Gasteiger partial charge in [0.25, 0.3) is 0 Å². The van der Waals surface area contributed by atoms with Crippen LogP contribution in [0.5, 0.6) is 5.75 Å². The van der Waals surface area contributed by atoms with Crippen molar-refractivity contribution in [2.24, 2.45) is 0 Å². The van der Waals surface area contributed by atoms with E-state index in [0.717, 1.165) is 0 Å². The first-order valence-corrected chi connectivity index (χ1v) is 7.46. The summed E-state index contributed by atoms with van der Waals surface area (Å²) in [7, 11) is 0. The average molecular weight is 331 g/mol. The lowest BCUT2D eigenvalue weighted by atomic mass is 10.0. The predicted molar refractivity (Wildman–Crippen MR) is 91.2 cm³/mol. The number of pyridine rings is 1. The molecule has 1 aromatic carbocycles. The fourth-order valence-electron chi connectivity index (χ4n) is 2.60. The molecule has 0 saturated heterocycles. The number of nitrogens with one attached hydrogen (secondary N) is 1. The van der Waals surface area contributed by atoms with Crippen LogP contribution in [0.25, 0.3) is 10.9 Å². The van der Waals surface area contributed by atoms with Crippen molar-refractivity contribution in [3.05, 3.63) is 29.5 Å². The Morgan fingerprint density at radius 3 is 2.62 bits per heavy atom. The highest BCUT2D eigenvalue weighted by Crippen LogP contribution is 2.33. The third kappa shape index (κ3) is 3.56. The summed E-state index contributed by atoms with van der Waals surface area (Å²) in [4.78, 5) is 27.0. The van der Waals surface area contributed by atoms with Gasteiger partial charge in [0.1, 0.15) is 17.9 Å². The van der Waals surface area contributed by atoms with Gasteiger partial charge >= 0.3 is 5.97 Å². The molecule has 0 atom stereocenters. The lowest BCUT2D eigenvalue weighted by Crippen LogP contribution is -2.46. The summed E-state index contributed by atoms with van der Waals surface area (Å²) >= 11 is 0. The van der Waals surface area contributed by atoms with Crippen LogP contribution >= 0.6 is 0 Å². The Balaban J connectivity index is 2.46. The van der Waals surface area contributed by atoms with Gasteiger partial charge in [0.15, 0.2) is 0 Å². The van der Waals surface area contributed by atoms with Crippen LogP contribution < -0.4 is 15.8 Å². The maximum absolute atomic E-state index is 11.4. The van der Waals surface area contributed by atoms with E-state index in [1.165, 1.54) is 6.92 Å². The molecule has 1 aromatic heterocycles. The van der Waals surface area contributed by atoms with E-state index >= 15 is 0 Å². The summed E-state index contributed by atoms with van der Waals surface area (Å²) in [5.74, 6) is -0.863. The zero-order chi connectivity index (χ0) is 18.1. The number of nitrogen functional groups attached to an aromatic ring is 1. The third-order valence-electron chi connectivity index (χ3n) is 3.51. The number of nitrogens with two attached hydrogens (primary N) is 1. The molecule has 0 aliphatic carbocycles. The van der Waals surface area contributed by atoms with E-state index in [1.807, 2.05) is 13.8 Å². The van der Waals surface area contributed by atoms with Crippen LogP contribution in [0.15, 0.2) is 18.2 Å². The van der Waals surface area contributed by atoms with Gasteiger partial charge in [0.05, 0.1) is 27.8 Å². The first-order chi connectivity index (χ1) is 11.1. The SMILES string of the molecule is CC(=O)NC(C)(C)COc1cccc2nc(C)c(C(=O)O)c(N)c12. The molecule has 0 radical (unpaired) electrons. The van der Waals surface area contributed by atoms with Crippen LogP contribution in [0.1, 0.15) is 36.8 Å². The highest BCUT2D eigenvalue weighted by molar-refractivity contribution is 6.06. The number of rotatable bonds is 5. The number of hydrogen-bond acceptors (Lipinski definition) is 5. The molecule has 0 fully saturated rings. The Hall–Kier alpha value is -2.83. The lowest BCUT2D eigenvalue weighted by Gasteiger charge is -2.26. The second-order valence-electron chi connectivity index (χ2n) is 6.30. The topological polar surface area (TPSA) is 115 Å². The van der Waals surface area contributed by atoms with Crippen LogP contribution in [0.3, 0.4) is 0 Å². The second-order valence-corrected chi connectivity index (χ2v) is 6.30. The van der Waals surface area contributed by atoms with E-state index in [9.17, 15) is 14.7 Å². The minimum atomic E-state index is -1.13. The monoisotopic (exact) mass is 331 g/mol. The fraction of sp³-hybridized carbons (Fsp3) is 0.353. The first-order valence-electron chi connectivity index (χ1n) is 7.46. The number of ether oxygens (including phenoxy) is 1. The normalized spacial score (nSPS) is 11.3. The number of aryl methyl sites for hydroxylation is 1. The Labute approximate surface area is 139 Å². The highest BCUT2D eigenvalue weighted by atomic mass is 16.5. The summed E-state index contributed by atoms with van der Waals surface area (Å²) in [6.07, 6.45) is 0. The number of carboxylic acids is 1. The molecular weight excluding hydrogens is 310 g/mol. The zero-order valence-electron chi connectivity index (χ0n) is 14.1. The number of aromatic nitrogens is 1. The summed E-state index contributed by atoms with van der Waals surface area (Å²) in [6.45, 7) is 6.89. The van der Waals surface area contributed by atoms with Crippen LogP contribution in [0, 0.1) is 6.92 Å². The van der Waals surface area contributed by atoms with Gasteiger partial charge in [-0.15, -0.1) is 0 Å². The van der Waals surface area contributed by atoms with Gasteiger partial charge in [-0.2, -0.15) is 0 Å². The molecule has 0 saturated carbocycles. The second kappa shape index (κ2) is 6.35. The maximum Gasteiger partial charge on any atom is 0.339 e. The van der Waals surface area contributed by atoms with Crippen LogP contribution in [-0.2, 0) is 4.79 Å². The van der Waals surface area contributed by atoms with Crippen molar-refractivity contribution in [2.45, 2.75) is 33.2 Å². The molecule has 7 nitrogen and oxygen atoms in total. The predicted octanol–water partition coefficient (Wildman–Crippen LogP) is 2.12. The number of nitrogens with zero attached hydrogens (tertiary/aromatic N) is 1. The Morgan fingerprint density at radius 1 is 1.38 bits per heavy atom. The van der Waals surface area contributed by atoms with Crippen molar-refractivity contribution >= 4 is 28.5 Å². The minimum absolute atomic E-state index is 0.0281. The quantitative estimate of drug-likeness (QED) is 0.773. The van der Waals surface area contributed by atoms with E-state index in [-0.39, 0.29) is 23.8 Å². The van der Waals surface area contributed by atoms with Gasteiger partial charge in [-0.1, -0.05) is 6.07 Å². The number of anilines is 1. The van der Waals surface area contributed by atoms with Gasteiger partial charge in [0.2, 0.25) is 5.91 Å². The van der Waals surface area contributed by atoms with Crippen LogP contribution in [0.4, 0.5) is 5.69 Å². The molecule has 0 bridgehead atoms. The van der Waals surface area contributed by atoms with E-state index in [1.54, 1.807) is 25.1 Å². The molecule has 0 aliphatic rings. The molecule has 128 valence electrons. The van der Waals surface area contributed by atoms with Crippen molar-refractivity contribution < 1.29 is 19.4 Å². The lowest BCUT2D eigenvalue weighted by molar-refractivity contribution is -0.120. The fourth-order valence-corrected chi connectivity index (χ4v) is 2.60. The number of fused-ring (bicyclic) bond motifs is 1. The van der Waals surface area contributed by atoms with Crippen molar-refractivity contribution in [3.8, 4) is 5.75 Å². The van der Waals surface area contributed by atoms with Gasteiger partial charge in [0, 0.05) is 6.92 Å². The van der Waals surface area contributed by atoms with Gasteiger partial charge in [-0.05, 0) is 32.9 Å². The van der Waals surface area contributed by atoms with Crippen molar-refractivity contribution in [2.75, 3.05) is 12.3 Å². The number of hydrogen-bond donors (Lipinski definition) is 3. The summed E-state index contributed by atoms with van der Waals surface area (Å²) in [5, 5.41) is 12.6. The Bertz CT molecular complexity index is 815. The summed E-state index contributed by atoms with van der Waals surface area (Å²) in [6, 6.07) is 5.21. The number of carbonyl (C=O) groups is 2. The van der Waals surface area contributed by atoms with E-state index in [4.69, 9.17) is 10.5 Å². The number of benzene rings is 1. The van der Waals surface area contributed by atoms with E-state index in [2.05, 4.69) is 10.3 Å². The zero-order valence-corrected chi connectivity index (χ0v) is 14.1.